The van der Waals surface area contributed by atoms with E-state index in [0.29, 0.717) is 17.8 Å². The zero-order chi connectivity index (χ0) is 15.0. The van der Waals surface area contributed by atoms with E-state index in [2.05, 4.69) is 29.7 Å². The fourth-order valence-electron chi connectivity index (χ4n) is 1.91. The maximum atomic E-state index is 5.77. The Kier molecular flexibility index (Phi) is 3.66. The average molecular weight is 306 g/mol. The average Bonchev–Trinajstić information content (AvgIpc) is 3.18. The van der Waals surface area contributed by atoms with Crippen LogP contribution in [0.3, 0.4) is 0 Å². The van der Waals surface area contributed by atoms with Gasteiger partial charge in [-0.2, -0.15) is 15.0 Å². The molecule has 0 aliphatic heterocycles. The number of hydrogen-bond acceptors (Lipinski definition) is 8. The van der Waals surface area contributed by atoms with E-state index in [-0.39, 0.29) is 11.2 Å². The molecule has 2 aromatic rings. The van der Waals surface area contributed by atoms with Gasteiger partial charge in [0.2, 0.25) is 11.9 Å². The summed E-state index contributed by atoms with van der Waals surface area (Å²) < 4.78 is 2.12. The number of anilines is 2. The van der Waals surface area contributed by atoms with Crippen molar-refractivity contribution >= 4 is 23.7 Å². The van der Waals surface area contributed by atoms with Gasteiger partial charge in [0.1, 0.15) is 12.2 Å². The Labute approximate surface area is 127 Å². The summed E-state index contributed by atoms with van der Waals surface area (Å²) in [6, 6.07) is 0.551. The van der Waals surface area contributed by atoms with Crippen LogP contribution in [0.15, 0.2) is 11.5 Å². The lowest BCUT2D eigenvalue weighted by atomic mass is 10.4. The van der Waals surface area contributed by atoms with Gasteiger partial charge in [0.25, 0.3) is 0 Å². The predicted molar refractivity (Wildman–Crippen MR) is 81.1 cm³/mol. The van der Waals surface area contributed by atoms with Crippen LogP contribution >= 0.6 is 11.8 Å². The molecule has 21 heavy (non-hydrogen) atoms. The van der Waals surface area contributed by atoms with Crippen molar-refractivity contribution in [2.75, 3.05) is 24.7 Å². The molecule has 0 radical (unpaired) electrons. The topological polar surface area (TPSA) is 98.6 Å². The van der Waals surface area contributed by atoms with Crippen LogP contribution in [-0.2, 0) is 0 Å². The third-order valence-corrected chi connectivity index (χ3v) is 4.25. The summed E-state index contributed by atoms with van der Waals surface area (Å²) in [7, 11) is 3.75. The molecule has 0 amide bonds. The van der Waals surface area contributed by atoms with Crippen molar-refractivity contribution in [3.05, 3.63) is 12.2 Å². The van der Waals surface area contributed by atoms with Gasteiger partial charge in [-0.05, 0) is 19.8 Å². The van der Waals surface area contributed by atoms with Crippen molar-refractivity contribution in [3.8, 4) is 0 Å². The Morgan fingerprint density at radius 2 is 2.10 bits per heavy atom. The smallest absolute Gasteiger partial charge is 0.229 e. The Morgan fingerprint density at radius 3 is 2.76 bits per heavy atom. The summed E-state index contributed by atoms with van der Waals surface area (Å²) in [6.45, 7) is 2.03. The minimum Gasteiger partial charge on any atom is -0.368 e. The molecule has 1 aliphatic rings. The Hall–Kier alpha value is -1.90. The lowest BCUT2D eigenvalue weighted by Gasteiger charge is -2.14. The molecule has 0 aromatic carbocycles. The van der Waals surface area contributed by atoms with Crippen molar-refractivity contribution in [1.29, 1.82) is 0 Å². The molecule has 0 bridgehead atoms. The highest BCUT2D eigenvalue weighted by Gasteiger charge is 2.27. The number of hydrogen-bond donors (Lipinski definition) is 1. The zero-order valence-corrected chi connectivity index (χ0v) is 13.1. The van der Waals surface area contributed by atoms with Crippen LogP contribution in [-0.4, -0.2) is 43.8 Å². The van der Waals surface area contributed by atoms with Crippen molar-refractivity contribution in [2.24, 2.45) is 0 Å². The summed E-state index contributed by atoms with van der Waals surface area (Å²) in [5, 5.41) is 9.11. The van der Waals surface area contributed by atoms with Gasteiger partial charge in [0, 0.05) is 20.1 Å². The number of aromatic nitrogens is 6. The molecule has 9 heteroatoms. The van der Waals surface area contributed by atoms with E-state index in [4.69, 9.17) is 5.73 Å². The van der Waals surface area contributed by atoms with Gasteiger partial charge < -0.3 is 15.2 Å². The third-order valence-electron chi connectivity index (χ3n) is 3.18. The highest BCUT2D eigenvalue weighted by Crippen LogP contribution is 2.40. The van der Waals surface area contributed by atoms with Crippen LogP contribution in [0.25, 0.3) is 0 Å². The molecular formula is C12H18N8S. The van der Waals surface area contributed by atoms with Crippen LogP contribution in [0.5, 0.6) is 0 Å². The van der Waals surface area contributed by atoms with E-state index < -0.39 is 0 Å². The first kappa shape index (κ1) is 14.1. The molecule has 0 saturated heterocycles. The minimum atomic E-state index is 0.0238. The predicted octanol–water partition coefficient (Wildman–Crippen LogP) is 1.30. The molecule has 2 aromatic heterocycles. The second-order valence-corrected chi connectivity index (χ2v) is 6.57. The molecule has 1 saturated carbocycles. The molecule has 8 nitrogen and oxygen atoms in total. The number of nitrogens with zero attached hydrogens (tertiary/aromatic N) is 7. The standard InChI is InChI=1S/C12H18N8S/c1-7(9-15-10(13)17-11(16-9)19(2)3)21-12-18-14-6-20(12)8-4-5-8/h6-8H,4-5H2,1-3H3,(H2,13,15,16,17). The molecular weight excluding hydrogens is 288 g/mol. The zero-order valence-electron chi connectivity index (χ0n) is 12.3. The van der Waals surface area contributed by atoms with E-state index in [1.165, 1.54) is 12.8 Å². The first-order chi connectivity index (χ1) is 10.0. The first-order valence-electron chi connectivity index (χ1n) is 6.79. The molecule has 1 atom stereocenters. The van der Waals surface area contributed by atoms with E-state index >= 15 is 0 Å². The third kappa shape index (κ3) is 3.07. The van der Waals surface area contributed by atoms with Crippen LogP contribution in [0, 0.1) is 0 Å². The van der Waals surface area contributed by atoms with Gasteiger partial charge in [0.05, 0.1) is 5.25 Å². The number of thioether (sulfide) groups is 1. The molecule has 112 valence electrons. The minimum absolute atomic E-state index is 0.0238. The fraction of sp³-hybridized carbons (Fsp3) is 0.583. The highest BCUT2D eigenvalue weighted by atomic mass is 32.2. The second kappa shape index (κ2) is 5.47. The summed E-state index contributed by atoms with van der Waals surface area (Å²) in [6.07, 6.45) is 4.19. The Bertz CT molecular complexity index is 636. The van der Waals surface area contributed by atoms with Gasteiger partial charge in [-0.3, -0.25) is 0 Å². The van der Waals surface area contributed by atoms with Crippen molar-refractivity contribution in [3.63, 3.8) is 0 Å². The second-order valence-electron chi connectivity index (χ2n) is 5.26. The van der Waals surface area contributed by atoms with Gasteiger partial charge in [0.15, 0.2) is 5.16 Å². The summed E-state index contributed by atoms with van der Waals surface area (Å²) in [5.74, 6) is 1.45. The highest BCUT2D eigenvalue weighted by molar-refractivity contribution is 7.99. The van der Waals surface area contributed by atoms with Crippen molar-refractivity contribution < 1.29 is 0 Å². The van der Waals surface area contributed by atoms with Gasteiger partial charge in [-0.25, -0.2) is 0 Å². The van der Waals surface area contributed by atoms with Crippen LogP contribution in [0.1, 0.15) is 36.9 Å². The summed E-state index contributed by atoms with van der Waals surface area (Å²) in [4.78, 5) is 14.6. The van der Waals surface area contributed by atoms with Gasteiger partial charge in [-0.15, -0.1) is 10.2 Å². The largest absolute Gasteiger partial charge is 0.368 e. The molecule has 1 aliphatic carbocycles. The fourth-order valence-corrected chi connectivity index (χ4v) is 2.85. The molecule has 1 fully saturated rings. The van der Waals surface area contributed by atoms with Crippen LogP contribution in [0.2, 0.25) is 0 Å². The number of nitrogen functional groups attached to an aromatic ring is 1. The van der Waals surface area contributed by atoms with Crippen molar-refractivity contribution in [2.45, 2.75) is 36.2 Å². The van der Waals surface area contributed by atoms with Gasteiger partial charge >= 0.3 is 0 Å². The van der Waals surface area contributed by atoms with Gasteiger partial charge in [-0.1, -0.05) is 11.8 Å². The van der Waals surface area contributed by atoms with E-state index in [0.717, 1.165) is 5.16 Å². The molecule has 1 unspecified atom stereocenters. The normalized spacial score (nSPS) is 16.0. The van der Waals surface area contributed by atoms with E-state index in [1.807, 2.05) is 25.9 Å². The maximum Gasteiger partial charge on any atom is 0.229 e. The first-order valence-corrected chi connectivity index (χ1v) is 7.67. The lowest BCUT2D eigenvalue weighted by Crippen LogP contribution is -2.16. The van der Waals surface area contributed by atoms with Crippen molar-refractivity contribution in [1.82, 2.24) is 29.7 Å². The maximum absolute atomic E-state index is 5.77. The SMILES string of the molecule is CC(Sc1nncn1C1CC1)c1nc(N)nc(N(C)C)n1. The van der Waals surface area contributed by atoms with E-state index in [1.54, 1.807) is 18.1 Å². The van der Waals surface area contributed by atoms with E-state index in [9.17, 15) is 0 Å². The molecule has 2 heterocycles. The monoisotopic (exact) mass is 306 g/mol. The molecule has 0 spiro atoms. The molecule has 2 N–H and O–H groups in total. The quantitative estimate of drug-likeness (QED) is 0.825. The van der Waals surface area contributed by atoms with Crippen LogP contribution in [0.4, 0.5) is 11.9 Å². The Morgan fingerprint density at radius 1 is 1.33 bits per heavy atom. The summed E-state index contributed by atoms with van der Waals surface area (Å²) >= 11 is 1.59. The number of rotatable bonds is 5. The lowest BCUT2D eigenvalue weighted by molar-refractivity contribution is 0.661. The summed E-state index contributed by atoms with van der Waals surface area (Å²) in [5.41, 5.74) is 5.77. The Balaban J connectivity index is 1.81. The van der Waals surface area contributed by atoms with Crippen LogP contribution < -0.4 is 10.6 Å². The molecule has 3 rings (SSSR count). The number of nitrogens with two attached hydrogens (primary N) is 1.